The van der Waals surface area contributed by atoms with Gasteiger partial charge in [0.05, 0.1) is 11.4 Å². The second kappa shape index (κ2) is 7.94. The van der Waals surface area contributed by atoms with Crippen molar-refractivity contribution in [1.82, 2.24) is 0 Å². The van der Waals surface area contributed by atoms with Crippen molar-refractivity contribution >= 4 is 67.3 Å². The van der Waals surface area contributed by atoms with E-state index in [1.54, 1.807) is 36.4 Å². The van der Waals surface area contributed by atoms with E-state index >= 15 is 0 Å². The minimum Gasteiger partial charge on any atom is -0.268 e. The molecule has 6 nitrogen and oxygen atoms in total. The van der Waals surface area contributed by atoms with E-state index in [-0.39, 0.29) is 22.3 Å². The van der Waals surface area contributed by atoms with Gasteiger partial charge in [-0.15, -0.1) is 0 Å². The van der Waals surface area contributed by atoms with Gasteiger partial charge in [0.1, 0.15) is 0 Å². The van der Waals surface area contributed by atoms with E-state index in [0.29, 0.717) is 22.1 Å². The van der Waals surface area contributed by atoms with Crippen LogP contribution in [-0.4, -0.2) is 23.6 Å². The Morgan fingerprint density at radius 3 is 1.02 bits per heavy atom. The molecule has 0 saturated heterocycles. The molecule has 0 saturated carbocycles. The van der Waals surface area contributed by atoms with Gasteiger partial charge in [-0.2, -0.15) is 0 Å². The van der Waals surface area contributed by atoms with Crippen molar-refractivity contribution in [3.05, 3.63) is 131 Å². The van der Waals surface area contributed by atoms with Crippen molar-refractivity contribution in [3.8, 4) is 0 Å². The fraction of sp³-hybridized carbons (Fsp3) is 0. The molecule has 0 unspecified atom stereocenters. The summed E-state index contributed by atoms with van der Waals surface area (Å²) in [5.41, 5.74) is 2.04. The molecule has 6 aromatic carbocycles. The van der Waals surface area contributed by atoms with Gasteiger partial charge in [-0.05, 0) is 70.1 Å². The molecule has 8 rings (SSSR count). The normalized spacial score (nSPS) is 14.6. The van der Waals surface area contributed by atoms with Crippen molar-refractivity contribution in [2.24, 2.45) is 0 Å². The molecule has 6 heteroatoms. The third-order valence-electron chi connectivity index (χ3n) is 7.88. The van der Waals surface area contributed by atoms with E-state index in [0.717, 1.165) is 21.5 Å². The fourth-order valence-corrected chi connectivity index (χ4v) is 5.98. The SMILES string of the molecule is O=C1c2ccc3c4c(ccc(c24)C(=O)N1c1ccc2ccccc2c1)C(=O)N(c1ccc2ccccc2c1)C3=O. The number of imide groups is 2. The summed E-state index contributed by atoms with van der Waals surface area (Å²) in [6.45, 7) is 0. The minimum atomic E-state index is -0.492. The molecule has 0 N–H and O–H groups in total. The molecular weight excluding hydrogens is 500 g/mol. The summed E-state index contributed by atoms with van der Waals surface area (Å²) in [5, 5.41) is 4.50. The monoisotopic (exact) mass is 518 g/mol. The molecule has 4 amide bonds. The van der Waals surface area contributed by atoms with Gasteiger partial charge >= 0.3 is 0 Å². The number of carbonyl (C=O) groups excluding carboxylic acids is 4. The van der Waals surface area contributed by atoms with Crippen LogP contribution >= 0.6 is 0 Å². The number of carbonyl (C=O) groups is 4. The molecule has 0 fully saturated rings. The molecule has 188 valence electrons. The predicted molar refractivity (Wildman–Crippen MR) is 154 cm³/mol. The maximum absolute atomic E-state index is 13.8. The summed E-state index contributed by atoms with van der Waals surface area (Å²) in [7, 11) is 0. The molecule has 40 heavy (non-hydrogen) atoms. The summed E-state index contributed by atoms with van der Waals surface area (Å²) in [5.74, 6) is -1.97. The highest BCUT2D eigenvalue weighted by atomic mass is 16.2. The smallest absolute Gasteiger partial charge is 0.265 e. The molecule has 0 bridgehead atoms. The van der Waals surface area contributed by atoms with Gasteiger partial charge in [0.2, 0.25) is 0 Å². The lowest BCUT2D eigenvalue weighted by Gasteiger charge is -2.32. The Hall–Kier alpha value is -5.62. The molecule has 2 heterocycles. The lowest BCUT2D eigenvalue weighted by atomic mass is 9.85. The number of hydrogen-bond donors (Lipinski definition) is 0. The lowest BCUT2D eigenvalue weighted by Crippen LogP contribution is -2.43. The Morgan fingerprint density at radius 2 is 0.675 bits per heavy atom. The zero-order chi connectivity index (χ0) is 27.1. The number of anilines is 2. The fourth-order valence-electron chi connectivity index (χ4n) is 5.98. The molecule has 0 aromatic heterocycles. The van der Waals surface area contributed by atoms with Gasteiger partial charge in [-0.1, -0.05) is 60.7 Å². The van der Waals surface area contributed by atoms with Crippen molar-refractivity contribution in [2.45, 2.75) is 0 Å². The van der Waals surface area contributed by atoms with Crippen LogP contribution in [0.4, 0.5) is 11.4 Å². The van der Waals surface area contributed by atoms with Gasteiger partial charge in [0.25, 0.3) is 23.6 Å². The molecule has 6 aromatic rings. The summed E-state index contributed by atoms with van der Waals surface area (Å²) >= 11 is 0. The van der Waals surface area contributed by atoms with E-state index in [1.807, 2.05) is 72.8 Å². The van der Waals surface area contributed by atoms with Crippen LogP contribution in [0.2, 0.25) is 0 Å². The first-order valence-corrected chi connectivity index (χ1v) is 12.9. The number of nitrogens with zero attached hydrogens (tertiary/aromatic N) is 2. The van der Waals surface area contributed by atoms with E-state index in [4.69, 9.17) is 0 Å². The highest BCUT2D eigenvalue weighted by molar-refractivity contribution is 6.42. The summed E-state index contributed by atoms with van der Waals surface area (Å²) in [6, 6.07) is 32.7. The summed E-state index contributed by atoms with van der Waals surface area (Å²) in [4.78, 5) is 57.4. The molecular formula is C34H18N2O4. The van der Waals surface area contributed by atoms with Crippen LogP contribution in [0.1, 0.15) is 41.4 Å². The highest BCUT2D eigenvalue weighted by Gasteiger charge is 2.40. The zero-order valence-corrected chi connectivity index (χ0v) is 20.9. The Balaban J connectivity index is 1.28. The first-order chi connectivity index (χ1) is 19.5. The van der Waals surface area contributed by atoms with Crippen LogP contribution in [0.15, 0.2) is 109 Å². The number of amides is 4. The van der Waals surface area contributed by atoms with Gasteiger partial charge in [-0.3, -0.25) is 19.2 Å². The Kier molecular flexibility index (Phi) is 4.44. The molecule has 0 spiro atoms. The van der Waals surface area contributed by atoms with E-state index in [9.17, 15) is 19.2 Å². The molecule has 0 radical (unpaired) electrons. The van der Waals surface area contributed by atoms with Crippen LogP contribution in [0.5, 0.6) is 0 Å². The van der Waals surface area contributed by atoms with Crippen LogP contribution in [0.25, 0.3) is 32.3 Å². The van der Waals surface area contributed by atoms with Crippen LogP contribution in [0.3, 0.4) is 0 Å². The largest absolute Gasteiger partial charge is 0.268 e. The van der Waals surface area contributed by atoms with Crippen molar-refractivity contribution in [2.75, 3.05) is 9.80 Å². The number of benzene rings is 6. The molecule has 2 aliphatic rings. The molecule has 0 aliphatic carbocycles. The van der Waals surface area contributed by atoms with Gasteiger partial charge in [-0.25, -0.2) is 9.80 Å². The average Bonchev–Trinajstić information content (AvgIpc) is 2.99. The maximum Gasteiger partial charge on any atom is 0.265 e. The minimum absolute atomic E-state index is 0.281. The predicted octanol–water partition coefficient (Wildman–Crippen LogP) is 6.75. The highest BCUT2D eigenvalue weighted by Crippen LogP contribution is 2.40. The Labute approximate surface area is 227 Å². The average molecular weight is 519 g/mol. The quantitative estimate of drug-likeness (QED) is 0.238. The second-order valence-electron chi connectivity index (χ2n) is 10.0. The number of rotatable bonds is 2. The standard InChI is InChI=1S/C34H18N2O4/c37-31-25-13-15-27-30-28(34(40)36(33(27)39)24-12-10-20-6-2-4-8-22(20)18-24)16-14-26(29(25)30)32(38)35(31)23-11-9-19-5-1-3-7-21(19)17-23/h1-18H. The van der Waals surface area contributed by atoms with Crippen molar-refractivity contribution < 1.29 is 19.2 Å². The van der Waals surface area contributed by atoms with Crippen molar-refractivity contribution in [3.63, 3.8) is 0 Å². The van der Waals surface area contributed by atoms with Gasteiger partial charge in [0, 0.05) is 33.0 Å². The number of fused-ring (bicyclic) bond motifs is 2. The van der Waals surface area contributed by atoms with E-state index in [1.165, 1.54) is 9.80 Å². The Morgan fingerprint density at radius 1 is 0.350 bits per heavy atom. The van der Waals surface area contributed by atoms with Crippen LogP contribution in [-0.2, 0) is 0 Å². The van der Waals surface area contributed by atoms with E-state index < -0.39 is 23.6 Å². The first-order valence-electron chi connectivity index (χ1n) is 12.9. The molecule has 2 aliphatic heterocycles. The summed E-state index contributed by atoms with van der Waals surface area (Å²) in [6.07, 6.45) is 0. The lowest BCUT2D eigenvalue weighted by molar-refractivity contribution is 0.0873. The third-order valence-corrected chi connectivity index (χ3v) is 7.88. The second-order valence-corrected chi connectivity index (χ2v) is 10.0. The summed E-state index contributed by atoms with van der Waals surface area (Å²) < 4.78 is 0. The van der Waals surface area contributed by atoms with Gasteiger partial charge < -0.3 is 0 Å². The number of hydrogen-bond acceptors (Lipinski definition) is 4. The maximum atomic E-state index is 13.8. The van der Waals surface area contributed by atoms with E-state index in [2.05, 4.69) is 0 Å². The van der Waals surface area contributed by atoms with Crippen LogP contribution < -0.4 is 9.80 Å². The molecule has 0 atom stereocenters. The zero-order valence-electron chi connectivity index (χ0n) is 20.9. The van der Waals surface area contributed by atoms with Crippen LogP contribution in [0, 0.1) is 0 Å². The third kappa shape index (κ3) is 2.93. The van der Waals surface area contributed by atoms with Crippen molar-refractivity contribution in [1.29, 1.82) is 0 Å². The Bertz CT molecular complexity index is 1940. The van der Waals surface area contributed by atoms with Gasteiger partial charge in [0.15, 0.2) is 0 Å². The first kappa shape index (κ1) is 22.4. The topological polar surface area (TPSA) is 74.8 Å².